The van der Waals surface area contributed by atoms with Gasteiger partial charge in [-0.1, -0.05) is 30.3 Å². The smallest absolute Gasteiger partial charge is 0.318 e. The van der Waals surface area contributed by atoms with Gasteiger partial charge in [-0.05, 0) is 48.9 Å². The highest BCUT2D eigenvalue weighted by Crippen LogP contribution is 2.33. The number of amides is 3. The Morgan fingerprint density at radius 3 is 2.58 bits per heavy atom. The molecule has 2 atom stereocenters. The van der Waals surface area contributed by atoms with E-state index in [-0.39, 0.29) is 24.0 Å². The maximum absolute atomic E-state index is 13.4. The van der Waals surface area contributed by atoms with Gasteiger partial charge in [-0.15, -0.1) is 0 Å². The van der Waals surface area contributed by atoms with E-state index >= 15 is 0 Å². The molecule has 2 aliphatic rings. The fraction of sp³-hybridized carbons (Fsp3) is 0.308. The Kier molecular flexibility index (Phi) is 5.77. The molecule has 1 saturated heterocycles. The summed E-state index contributed by atoms with van der Waals surface area (Å²) >= 11 is 0. The molecule has 0 saturated carbocycles. The van der Waals surface area contributed by atoms with Crippen molar-refractivity contribution >= 4 is 17.6 Å². The van der Waals surface area contributed by atoms with Gasteiger partial charge in [0.1, 0.15) is 5.75 Å². The molecule has 2 unspecified atom stereocenters. The van der Waals surface area contributed by atoms with E-state index in [9.17, 15) is 9.59 Å². The summed E-state index contributed by atoms with van der Waals surface area (Å²) in [5.74, 6) is 0.844. The Morgan fingerprint density at radius 2 is 1.82 bits per heavy atom. The summed E-state index contributed by atoms with van der Waals surface area (Å²) in [6.45, 7) is 4.38. The second-order valence-electron chi connectivity index (χ2n) is 8.41. The lowest BCUT2D eigenvalue weighted by molar-refractivity contribution is -0.117. The number of fused-ring (bicyclic) bond motifs is 1. The molecule has 2 aliphatic heterocycles. The third-order valence-corrected chi connectivity index (χ3v) is 6.33. The van der Waals surface area contributed by atoms with Crippen LogP contribution in [-0.4, -0.2) is 47.1 Å². The SMILES string of the molecule is CCOc1ccc(C2c3cccn3CCN2C(=O)NC2CC(=O)N(c3ccccc3)C2)cc1. The second kappa shape index (κ2) is 9.02. The van der Waals surface area contributed by atoms with Crippen molar-refractivity contribution < 1.29 is 14.3 Å². The molecule has 33 heavy (non-hydrogen) atoms. The minimum atomic E-state index is -0.222. The van der Waals surface area contributed by atoms with E-state index in [0.29, 0.717) is 26.1 Å². The molecule has 0 radical (unpaired) electrons. The number of anilines is 1. The second-order valence-corrected chi connectivity index (χ2v) is 8.41. The normalized spacial score (nSPS) is 20.0. The molecule has 1 N–H and O–H groups in total. The number of hydrogen-bond acceptors (Lipinski definition) is 3. The first-order valence-electron chi connectivity index (χ1n) is 11.4. The van der Waals surface area contributed by atoms with Crippen LogP contribution < -0.4 is 15.0 Å². The fourth-order valence-corrected chi connectivity index (χ4v) is 4.79. The molecule has 3 amide bonds. The summed E-state index contributed by atoms with van der Waals surface area (Å²) in [7, 11) is 0. The first-order valence-corrected chi connectivity index (χ1v) is 11.4. The van der Waals surface area contributed by atoms with Gasteiger partial charge in [0, 0.05) is 43.6 Å². The van der Waals surface area contributed by atoms with E-state index in [0.717, 1.165) is 29.2 Å². The molecule has 7 heteroatoms. The molecule has 170 valence electrons. The fourth-order valence-electron chi connectivity index (χ4n) is 4.79. The number of benzene rings is 2. The molecule has 7 nitrogen and oxygen atoms in total. The van der Waals surface area contributed by atoms with E-state index in [1.165, 1.54) is 0 Å². The maximum atomic E-state index is 13.4. The summed E-state index contributed by atoms with van der Waals surface area (Å²) in [6, 6.07) is 21.1. The van der Waals surface area contributed by atoms with Crippen LogP contribution in [0.3, 0.4) is 0 Å². The van der Waals surface area contributed by atoms with Gasteiger partial charge in [0.05, 0.1) is 18.7 Å². The van der Waals surface area contributed by atoms with Crippen molar-refractivity contribution in [2.75, 3.05) is 24.6 Å². The number of nitrogens with zero attached hydrogens (tertiary/aromatic N) is 3. The van der Waals surface area contributed by atoms with Crippen molar-refractivity contribution in [1.82, 2.24) is 14.8 Å². The van der Waals surface area contributed by atoms with Crippen LogP contribution in [0.15, 0.2) is 72.9 Å². The molecule has 1 aromatic heterocycles. The Morgan fingerprint density at radius 1 is 1.03 bits per heavy atom. The van der Waals surface area contributed by atoms with Crippen LogP contribution >= 0.6 is 0 Å². The Labute approximate surface area is 193 Å². The van der Waals surface area contributed by atoms with E-state index in [1.807, 2.05) is 72.5 Å². The largest absolute Gasteiger partial charge is 0.494 e. The predicted octanol–water partition coefficient (Wildman–Crippen LogP) is 3.81. The number of carbonyl (C=O) groups is 2. The zero-order valence-electron chi connectivity index (χ0n) is 18.7. The van der Waals surface area contributed by atoms with E-state index in [1.54, 1.807) is 4.90 Å². The van der Waals surface area contributed by atoms with Crippen LogP contribution in [0.1, 0.15) is 30.6 Å². The number of nitrogens with one attached hydrogen (secondary N) is 1. The van der Waals surface area contributed by atoms with Gasteiger partial charge in [-0.2, -0.15) is 0 Å². The Balaban J connectivity index is 1.35. The van der Waals surface area contributed by atoms with Gasteiger partial charge in [-0.3, -0.25) is 4.79 Å². The minimum Gasteiger partial charge on any atom is -0.494 e. The minimum absolute atomic E-state index is 0.0297. The van der Waals surface area contributed by atoms with Crippen molar-refractivity contribution in [2.24, 2.45) is 0 Å². The van der Waals surface area contributed by atoms with Crippen LogP contribution in [0, 0.1) is 0 Å². The summed E-state index contributed by atoms with van der Waals surface area (Å²) < 4.78 is 7.78. The highest BCUT2D eigenvalue weighted by atomic mass is 16.5. The molecule has 3 heterocycles. The number of para-hydroxylation sites is 1. The highest BCUT2D eigenvalue weighted by molar-refractivity contribution is 5.96. The average molecular weight is 445 g/mol. The molecule has 3 aromatic rings. The van der Waals surface area contributed by atoms with Crippen molar-refractivity contribution in [1.29, 1.82) is 0 Å². The van der Waals surface area contributed by atoms with Crippen molar-refractivity contribution in [3.05, 3.63) is 84.2 Å². The van der Waals surface area contributed by atoms with E-state index in [4.69, 9.17) is 4.74 Å². The molecular weight excluding hydrogens is 416 g/mol. The van der Waals surface area contributed by atoms with Gasteiger partial charge in [-0.25, -0.2) is 4.79 Å². The van der Waals surface area contributed by atoms with E-state index < -0.39 is 0 Å². The van der Waals surface area contributed by atoms with Gasteiger partial charge < -0.3 is 24.4 Å². The van der Waals surface area contributed by atoms with Crippen molar-refractivity contribution in [3.63, 3.8) is 0 Å². The van der Waals surface area contributed by atoms with Crippen LogP contribution in [0.5, 0.6) is 5.75 Å². The number of ether oxygens (including phenoxy) is 1. The maximum Gasteiger partial charge on any atom is 0.318 e. The zero-order chi connectivity index (χ0) is 22.8. The summed E-state index contributed by atoms with van der Waals surface area (Å²) in [4.78, 5) is 29.7. The summed E-state index contributed by atoms with van der Waals surface area (Å²) in [5.41, 5.74) is 2.97. The molecule has 2 aromatic carbocycles. The molecule has 0 spiro atoms. The van der Waals surface area contributed by atoms with Gasteiger partial charge in [0.25, 0.3) is 0 Å². The zero-order valence-corrected chi connectivity index (χ0v) is 18.7. The number of hydrogen-bond donors (Lipinski definition) is 1. The predicted molar refractivity (Wildman–Crippen MR) is 126 cm³/mol. The third kappa shape index (κ3) is 4.18. The monoisotopic (exact) mass is 444 g/mol. The number of rotatable bonds is 5. The number of aromatic nitrogens is 1. The standard InChI is InChI=1S/C26H28N4O3/c1-2-33-22-12-10-19(11-13-22)25-23-9-6-14-28(23)15-16-29(25)26(32)27-20-17-24(31)30(18-20)21-7-4-3-5-8-21/h3-14,20,25H,2,15-18H2,1H3,(H,27,32). The Bertz CT molecular complexity index is 1130. The van der Waals surface area contributed by atoms with Crippen LogP contribution in [0.4, 0.5) is 10.5 Å². The molecule has 0 aliphatic carbocycles. The molecular formula is C26H28N4O3. The van der Waals surface area contributed by atoms with E-state index in [2.05, 4.69) is 22.1 Å². The molecule has 0 bridgehead atoms. The summed E-state index contributed by atoms with van der Waals surface area (Å²) in [5, 5.41) is 3.12. The average Bonchev–Trinajstić information content (AvgIpc) is 3.46. The first kappa shape index (κ1) is 21.1. The van der Waals surface area contributed by atoms with Crippen LogP contribution in [0.25, 0.3) is 0 Å². The molecule has 1 fully saturated rings. The highest BCUT2D eigenvalue weighted by Gasteiger charge is 2.36. The van der Waals surface area contributed by atoms with Crippen molar-refractivity contribution in [3.8, 4) is 5.75 Å². The lowest BCUT2D eigenvalue weighted by Crippen LogP contribution is -2.50. The van der Waals surface area contributed by atoms with Gasteiger partial charge in [0.15, 0.2) is 0 Å². The lowest BCUT2D eigenvalue weighted by Gasteiger charge is -2.38. The van der Waals surface area contributed by atoms with Crippen LogP contribution in [0.2, 0.25) is 0 Å². The van der Waals surface area contributed by atoms with Gasteiger partial charge >= 0.3 is 6.03 Å². The van der Waals surface area contributed by atoms with Gasteiger partial charge in [0.2, 0.25) is 5.91 Å². The summed E-state index contributed by atoms with van der Waals surface area (Å²) in [6.07, 6.45) is 2.36. The quantitative estimate of drug-likeness (QED) is 0.651. The van der Waals surface area contributed by atoms with Crippen molar-refractivity contribution in [2.45, 2.75) is 32.0 Å². The topological polar surface area (TPSA) is 66.8 Å². The number of urea groups is 1. The lowest BCUT2D eigenvalue weighted by atomic mass is 10.00. The molecule has 5 rings (SSSR count). The number of carbonyl (C=O) groups excluding carboxylic acids is 2. The Hall–Kier alpha value is -3.74. The third-order valence-electron chi connectivity index (χ3n) is 6.33. The van der Waals surface area contributed by atoms with Crippen LogP contribution in [-0.2, 0) is 11.3 Å². The first-order chi connectivity index (χ1) is 16.1.